The van der Waals surface area contributed by atoms with Gasteiger partial charge in [0, 0.05) is 13.1 Å². The average Bonchev–Trinajstić information content (AvgIpc) is 3.08. The average molecular weight is 379 g/mol. The maximum Gasteiger partial charge on any atom is 0.257 e. The van der Waals surface area contributed by atoms with Crippen molar-refractivity contribution in [1.82, 2.24) is 10.1 Å². The van der Waals surface area contributed by atoms with Crippen LogP contribution in [0.4, 0.5) is 5.82 Å². The number of aromatic hydroxyl groups is 1. The van der Waals surface area contributed by atoms with Crippen LogP contribution in [0.5, 0.6) is 5.75 Å². The fraction of sp³-hybridized carbons (Fsp3) is 0.190. The van der Waals surface area contributed by atoms with Gasteiger partial charge in [-0.05, 0) is 36.6 Å². The van der Waals surface area contributed by atoms with Gasteiger partial charge in [0.15, 0.2) is 5.82 Å². The number of likely N-dealkylation sites (N-methyl/N-ethyl adjacent to an activating group) is 1. The standard InChI is InChI=1S/C21H21N3O4/c1-14-10-19(23-28-14)22-20(26)13-24(2)21(27)17-12-16(8-9-18(17)25)11-15-6-4-3-5-7-15/h3-10,12,25H,11,13H2,1-2H3,(H,22,23,26). The SMILES string of the molecule is Cc1cc(NC(=O)CN(C)C(=O)c2cc(Cc3ccccc3)ccc2O)no1. The lowest BCUT2D eigenvalue weighted by molar-refractivity contribution is -0.116. The lowest BCUT2D eigenvalue weighted by Gasteiger charge is -2.17. The van der Waals surface area contributed by atoms with Crippen LogP contribution in [0.25, 0.3) is 0 Å². The third-order valence-electron chi connectivity index (χ3n) is 4.17. The number of anilines is 1. The summed E-state index contributed by atoms with van der Waals surface area (Å²) in [5, 5.41) is 16.4. The summed E-state index contributed by atoms with van der Waals surface area (Å²) < 4.78 is 4.89. The van der Waals surface area contributed by atoms with Crippen molar-refractivity contribution in [2.75, 3.05) is 18.9 Å². The van der Waals surface area contributed by atoms with Crippen LogP contribution in [0.1, 0.15) is 27.2 Å². The number of nitrogens with zero attached hydrogens (tertiary/aromatic N) is 2. The molecule has 144 valence electrons. The van der Waals surface area contributed by atoms with E-state index < -0.39 is 11.8 Å². The molecule has 0 saturated heterocycles. The zero-order chi connectivity index (χ0) is 20.1. The van der Waals surface area contributed by atoms with Crippen molar-refractivity contribution in [3.05, 3.63) is 77.0 Å². The lowest BCUT2D eigenvalue weighted by Crippen LogP contribution is -2.35. The molecule has 7 heteroatoms. The molecule has 2 aromatic carbocycles. The zero-order valence-corrected chi connectivity index (χ0v) is 15.7. The molecule has 0 bridgehead atoms. The molecule has 1 aromatic heterocycles. The van der Waals surface area contributed by atoms with E-state index in [9.17, 15) is 14.7 Å². The number of carbonyl (C=O) groups is 2. The van der Waals surface area contributed by atoms with Gasteiger partial charge in [0.2, 0.25) is 5.91 Å². The Labute approximate surface area is 162 Å². The highest BCUT2D eigenvalue weighted by Gasteiger charge is 2.19. The fourth-order valence-corrected chi connectivity index (χ4v) is 2.80. The monoisotopic (exact) mass is 379 g/mol. The third kappa shape index (κ3) is 4.76. The summed E-state index contributed by atoms with van der Waals surface area (Å²) in [5.74, 6) is -0.125. The summed E-state index contributed by atoms with van der Waals surface area (Å²) in [6.45, 7) is 1.52. The minimum Gasteiger partial charge on any atom is -0.507 e. The molecular weight excluding hydrogens is 358 g/mol. The van der Waals surface area contributed by atoms with Crippen molar-refractivity contribution in [1.29, 1.82) is 0 Å². The summed E-state index contributed by atoms with van der Waals surface area (Å²) in [6.07, 6.45) is 0.636. The van der Waals surface area contributed by atoms with E-state index in [2.05, 4.69) is 10.5 Å². The Morgan fingerprint density at radius 2 is 1.86 bits per heavy atom. The first-order valence-corrected chi connectivity index (χ1v) is 8.77. The number of rotatable bonds is 6. The summed E-state index contributed by atoms with van der Waals surface area (Å²) in [6, 6.07) is 16.3. The Hall–Kier alpha value is -3.61. The number of phenolic OH excluding ortho intramolecular Hbond substituents is 1. The van der Waals surface area contributed by atoms with E-state index in [0.29, 0.717) is 12.2 Å². The smallest absolute Gasteiger partial charge is 0.257 e. The quantitative estimate of drug-likeness (QED) is 0.686. The number of aromatic nitrogens is 1. The predicted molar refractivity (Wildman–Crippen MR) is 104 cm³/mol. The highest BCUT2D eigenvalue weighted by molar-refractivity contribution is 6.00. The Morgan fingerprint density at radius 3 is 2.54 bits per heavy atom. The third-order valence-corrected chi connectivity index (χ3v) is 4.17. The summed E-state index contributed by atoms with van der Waals surface area (Å²) in [4.78, 5) is 26.1. The van der Waals surface area contributed by atoms with Crippen molar-refractivity contribution in [3.8, 4) is 5.75 Å². The first-order chi connectivity index (χ1) is 13.4. The number of hydrogen-bond donors (Lipinski definition) is 2. The molecular formula is C21H21N3O4. The van der Waals surface area contributed by atoms with Crippen LogP contribution < -0.4 is 5.32 Å². The van der Waals surface area contributed by atoms with Gasteiger partial charge < -0.3 is 19.8 Å². The second-order valence-corrected chi connectivity index (χ2v) is 6.55. The topological polar surface area (TPSA) is 95.7 Å². The Kier molecular flexibility index (Phi) is 5.74. The van der Waals surface area contributed by atoms with Gasteiger partial charge in [0.1, 0.15) is 11.5 Å². The summed E-state index contributed by atoms with van der Waals surface area (Å²) >= 11 is 0. The Balaban J connectivity index is 1.68. The van der Waals surface area contributed by atoms with E-state index in [1.54, 1.807) is 25.1 Å². The van der Waals surface area contributed by atoms with Gasteiger partial charge in [-0.25, -0.2) is 0 Å². The van der Waals surface area contributed by atoms with E-state index in [4.69, 9.17) is 4.52 Å². The fourth-order valence-electron chi connectivity index (χ4n) is 2.80. The second-order valence-electron chi connectivity index (χ2n) is 6.55. The van der Waals surface area contributed by atoms with Crippen LogP contribution in [0.15, 0.2) is 59.1 Å². The van der Waals surface area contributed by atoms with E-state index in [1.807, 2.05) is 30.3 Å². The lowest BCUT2D eigenvalue weighted by atomic mass is 10.0. The first kappa shape index (κ1) is 19.2. The van der Waals surface area contributed by atoms with Gasteiger partial charge in [-0.2, -0.15) is 0 Å². The number of nitrogens with one attached hydrogen (secondary N) is 1. The molecule has 1 heterocycles. The second kappa shape index (κ2) is 8.39. The van der Waals surface area contributed by atoms with Gasteiger partial charge in [-0.1, -0.05) is 41.6 Å². The molecule has 0 fully saturated rings. The largest absolute Gasteiger partial charge is 0.507 e. The summed E-state index contributed by atoms with van der Waals surface area (Å²) in [7, 11) is 1.50. The van der Waals surface area contributed by atoms with Crippen LogP contribution in [-0.4, -0.2) is 40.6 Å². The minimum atomic E-state index is -0.445. The molecule has 2 amide bonds. The molecule has 3 rings (SSSR count). The van der Waals surface area contributed by atoms with E-state index in [1.165, 1.54) is 18.0 Å². The number of amides is 2. The van der Waals surface area contributed by atoms with Gasteiger partial charge in [0.25, 0.3) is 5.91 Å². The molecule has 0 radical (unpaired) electrons. The van der Waals surface area contributed by atoms with E-state index >= 15 is 0 Å². The van der Waals surface area contributed by atoms with Crippen molar-refractivity contribution in [2.24, 2.45) is 0 Å². The molecule has 0 aliphatic carbocycles. The zero-order valence-electron chi connectivity index (χ0n) is 15.7. The number of aryl methyl sites for hydroxylation is 1. The summed E-state index contributed by atoms with van der Waals surface area (Å²) in [5.41, 5.74) is 2.14. The van der Waals surface area contributed by atoms with Crippen LogP contribution in [0.2, 0.25) is 0 Å². The molecule has 0 aliphatic heterocycles. The van der Waals surface area contributed by atoms with Crippen LogP contribution >= 0.6 is 0 Å². The molecule has 0 atom stereocenters. The molecule has 0 unspecified atom stereocenters. The van der Waals surface area contributed by atoms with E-state index in [-0.39, 0.29) is 23.7 Å². The number of benzene rings is 2. The van der Waals surface area contributed by atoms with Gasteiger partial charge in [0.05, 0.1) is 12.1 Å². The van der Waals surface area contributed by atoms with Gasteiger partial charge in [-0.3, -0.25) is 9.59 Å². The van der Waals surface area contributed by atoms with E-state index in [0.717, 1.165) is 11.1 Å². The van der Waals surface area contributed by atoms with Crippen molar-refractivity contribution in [2.45, 2.75) is 13.3 Å². The minimum absolute atomic E-state index is 0.124. The van der Waals surface area contributed by atoms with Crippen LogP contribution in [0, 0.1) is 6.92 Å². The predicted octanol–water partition coefficient (Wildman–Crippen LogP) is 2.99. The number of carbonyl (C=O) groups excluding carboxylic acids is 2. The molecule has 0 spiro atoms. The molecule has 0 aliphatic rings. The van der Waals surface area contributed by atoms with Crippen molar-refractivity contribution < 1.29 is 19.2 Å². The Morgan fingerprint density at radius 1 is 1.11 bits per heavy atom. The molecule has 7 nitrogen and oxygen atoms in total. The Bertz CT molecular complexity index is 982. The number of phenols is 1. The first-order valence-electron chi connectivity index (χ1n) is 8.77. The van der Waals surface area contributed by atoms with Crippen LogP contribution in [-0.2, 0) is 11.2 Å². The molecule has 2 N–H and O–H groups in total. The van der Waals surface area contributed by atoms with Crippen LogP contribution in [0.3, 0.4) is 0 Å². The highest BCUT2D eigenvalue weighted by Crippen LogP contribution is 2.22. The van der Waals surface area contributed by atoms with Crippen molar-refractivity contribution in [3.63, 3.8) is 0 Å². The molecule has 3 aromatic rings. The number of hydrogen-bond acceptors (Lipinski definition) is 5. The maximum absolute atomic E-state index is 12.7. The van der Waals surface area contributed by atoms with Gasteiger partial charge >= 0.3 is 0 Å². The highest BCUT2D eigenvalue weighted by atomic mass is 16.5. The van der Waals surface area contributed by atoms with Gasteiger partial charge in [-0.15, -0.1) is 0 Å². The normalized spacial score (nSPS) is 10.5. The molecule has 0 saturated carbocycles. The maximum atomic E-state index is 12.7. The molecule has 28 heavy (non-hydrogen) atoms. The van der Waals surface area contributed by atoms with Crippen molar-refractivity contribution >= 4 is 17.6 Å².